The standard InChI is InChI=1S/C14H25N3O/c18-14(16-12-5-1-2-6-12)10-17-7-3-4-11-8-15-9-13(11)17/h11-13,15H,1-10H2,(H,16,18). The Bertz CT molecular complexity index is 301. The Labute approximate surface area is 109 Å². The largest absolute Gasteiger partial charge is 0.352 e. The molecule has 2 aliphatic heterocycles. The van der Waals surface area contributed by atoms with Crippen molar-refractivity contribution in [3.05, 3.63) is 0 Å². The molecule has 0 bridgehead atoms. The molecule has 2 saturated heterocycles. The molecule has 1 amide bonds. The Hall–Kier alpha value is -0.610. The molecule has 0 aromatic heterocycles. The summed E-state index contributed by atoms with van der Waals surface area (Å²) >= 11 is 0. The lowest BCUT2D eigenvalue weighted by Crippen LogP contribution is -2.50. The zero-order valence-electron chi connectivity index (χ0n) is 11.2. The van der Waals surface area contributed by atoms with E-state index in [1.54, 1.807) is 0 Å². The minimum atomic E-state index is 0.245. The van der Waals surface area contributed by atoms with Crippen molar-refractivity contribution in [3.8, 4) is 0 Å². The number of hydrogen-bond donors (Lipinski definition) is 2. The molecule has 102 valence electrons. The Morgan fingerprint density at radius 2 is 2.00 bits per heavy atom. The van der Waals surface area contributed by atoms with Gasteiger partial charge in [-0.15, -0.1) is 0 Å². The Morgan fingerprint density at radius 1 is 1.17 bits per heavy atom. The minimum Gasteiger partial charge on any atom is -0.352 e. The quantitative estimate of drug-likeness (QED) is 0.777. The zero-order chi connectivity index (χ0) is 12.4. The summed E-state index contributed by atoms with van der Waals surface area (Å²) in [4.78, 5) is 14.5. The van der Waals surface area contributed by atoms with Crippen molar-refractivity contribution in [1.29, 1.82) is 0 Å². The number of carbonyl (C=O) groups is 1. The number of likely N-dealkylation sites (tertiary alicyclic amines) is 1. The number of amides is 1. The second kappa shape index (κ2) is 5.57. The van der Waals surface area contributed by atoms with Gasteiger partial charge in [-0.1, -0.05) is 12.8 Å². The molecule has 3 rings (SSSR count). The lowest BCUT2D eigenvalue weighted by molar-refractivity contribution is -0.124. The molecule has 1 aliphatic carbocycles. The van der Waals surface area contributed by atoms with E-state index in [2.05, 4.69) is 15.5 Å². The zero-order valence-corrected chi connectivity index (χ0v) is 11.2. The van der Waals surface area contributed by atoms with E-state index in [0.717, 1.165) is 25.6 Å². The van der Waals surface area contributed by atoms with Crippen LogP contribution in [0.25, 0.3) is 0 Å². The van der Waals surface area contributed by atoms with Gasteiger partial charge in [0, 0.05) is 18.6 Å². The molecule has 1 saturated carbocycles. The normalized spacial score (nSPS) is 33.6. The third-order valence-corrected chi connectivity index (χ3v) is 4.86. The van der Waals surface area contributed by atoms with Gasteiger partial charge >= 0.3 is 0 Å². The van der Waals surface area contributed by atoms with Gasteiger partial charge in [0.15, 0.2) is 0 Å². The molecule has 0 aromatic carbocycles. The third-order valence-electron chi connectivity index (χ3n) is 4.86. The third kappa shape index (κ3) is 2.69. The van der Waals surface area contributed by atoms with E-state index in [4.69, 9.17) is 0 Å². The van der Waals surface area contributed by atoms with Crippen LogP contribution < -0.4 is 10.6 Å². The highest BCUT2D eigenvalue weighted by Crippen LogP contribution is 2.26. The Kier molecular flexibility index (Phi) is 3.85. The van der Waals surface area contributed by atoms with Crippen molar-refractivity contribution >= 4 is 5.91 Å². The summed E-state index contributed by atoms with van der Waals surface area (Å²) in [6, 6.07) is 1.06. The molecule has 4 heteroatoms. The molecule has 3 aliphatic rings. The van der Waals surface area contributed by atoms with Crippen molar-refractivity contribution in [2.24, 2.45) is 5.92 Å². The lowest BCUT2D eigenvalue weighted by Gasteiger charge is -2.36. The smallest absolute Gasteiger partial charge is 0.234 e. The molecule has 0 aromatic rings. The van der Waals surface area contributed by atoms with Crippen molar-refractivity contribution < 1.29 is 4.79 Å². The first-order chi connectivity index (χ1) is 8.83. The number of hydrogen-bond acceptors (Lipinski definition) is 3. The van der Waals surface area contributed by atoms with Crippen LogP contribution in [0.3, 0.4) is 0 Å². The summed E-state index contributed by atoms with van der Waals surface area (Å²) < 4.78 is 0. The topological polar surface area (TPSA) is 44.4 Å². The van der Waals surface area contributed by atoms with Crippen molar-refractivity contribution in [2.75, 3.05) is 26.2 Å². The fourth-order valence-corrected chi connectivity index (χ4v) is 3.89. The van der Waals surface area contributed by atoms with Crippen molar-refractivity contribution in [2.45, 2.75) is 50.6 Å². The van der Waals surface area contributed by atoms with Gasteiger partial charge in [0.2, 0.25) is 5.91 Å². The monoisotopic (exact) mass is 251 g/mol. The second-order valence-corrected chi connectivity index (χ2v) is 6.15. The number of nitrogens with one attached hydrogen (secondary N) is 2. The Balaban J connectivity index is 1.50. The maximum atomic E-state index is 12.1. The van der Waals surface area contributed by atoms with Crippen LogP contribution in [0.15, 0.2) is 0 Å². The van der Waals surface area contributed by atoms with Crippen LogP contribution in [-0.2, 0) is 4.79 Å². The molecule has 2 unspecified atom stereocenters. The summed E-state index contributed by atoms with van der Waals surface area (Å²) in [7, 11) is 0. The summed E-state index contributed by atoms with van der Waals surface area (Å²) in [6.45, 7) is 3.92. The Morgan fingerprint density at radius 3 is 2.83 bits per heavy atom. The summed E-state index contributed by atoms with van der Waals surface area (Å²) in [6.07, 6.45) is 7.50. The van der Waals surface area contributed by atoms with E-state index in [-0.39, 0.29) is 5.91 Å². The SMILES string of the molecule is O=C(CN1CCCC2CNCC21)NC1CCCC1. The van der Waals surface area contributed by atoms with Crippen LogP contribution in [-0.4, -0.2) is 49.1 Å². The highest BCUT2D eigenvalue weighted by molar-refractivity contribution is 5.78. The maximum absolute atomic E-state index is 12.1. The fourth-order valence-electron chi connectivity index (χ4n) is 3.89. The first kappa shape index (κ1) is 12.4. The number of rotatable bonds is 3. The molecule has 2 heterocycles. The first-order valence-corrected chi connectivity index (χ1v) is 7.57. The molecule has 0 radical (unpaired) electrons. The van der Waals surface area contributed by atoms with Gasteiger partial charge in [-0.2, -0.15) is 0 Å². The van der Waals surface area contributed by atoms with E-state index in [1.807, 2.05) is 0 Å². The van der Waals surface area contributed by atoms with Gasteiger partial charge in [-0.3, -0.25) is 9.69 Å². The number of piperidine rings is 1. The van der Waals surface area contributed by atoms with Gasteiger partial charge < -0.3 is 10.6 Å². The molecule has 2 atom stereocenters. The molecule has 0 spiro atoms. The molecule has 2 N–H and O–H groups in total. The van der Waals surface area contributed by atoms with Crippen LogP contribution in [0.1, 0.15) is 38.5 Å². The number of carbonyl (C=O) groups excluding carboxylic acids is 1. The molecular weight excluding hydrogens is 226 g/mol. The lowest BCUT2D eigenvalue weighted by atomic mass is 9.92. The molecular formula is C14H25N3O. The van der Waals surface area contributed by atoms with E-state index in [9.17, 15) is 4.79 Å². The highest BCUT2D eigenvalue weighted by atomic mass is 16.2. The van der Waals surface area contributed by atoms with Crippen LogP contribution in [0, 0.1) is 5.92 Å². The van der Waals surface area contributed by atoms with Crippen LogP contribution in [0.5, 0.6) is 0 Å². The predicted octanol–water partition coefficient (Wildman–Crippen LogP) is 0.729. The first-order valence-electron chi connectivity index (χ1n) is 7.57. The average Bonchev–Trinajstić information content (AvgIpc) is 2.99. The second-order valence-electron chi connectivity index (χ2n) is 6.15. The maximum Gasteiger partial charge on any atom is 0.234 e. The molecule has 4 nitrogen and oxygen atoms in total. The summed E-state index contributed by atoms with van der Waals surface area (Å²) in [5.41, 5.74) is 0. The number of fused-ring (bicyclic) bond motifs is 1. The highest BCUT2D eigenvalue weighted by Gasteiger charge is 2.35. The average molecular weight is 251 g/mol. The van der Waals surface area contributed by atoms with Gasteiger partial charge in [-0.05, 0) is 44.7 Å². The van der Waals surface area contributed by atoms with Gasteiger partial charge in [-0.25, -0.2) is 0 Å². The van der Waals surface area contributed by atoms with E-state index in [1.165, 1.54) is 38.5 Å². The van der Waals surface area contributed by atoms with Gasteiger partial charge in [0.05, 0.1) is 6.54 Å². The van der Waals surface area contributed by atoms with Crippen LogP contribution in [0.2, 0.25) is 0 Å². The summed E-state index contributed by atoms with van der Waals surface area (Å²) in [5.74, 6) is 1.02. The number of nitrogens with zero attached hydrogens (tertiary/aromatic N) is 1. The van der Waals surface area contributed by atoms with Crippen molar-refractivity contribution in [1.82, 2.24) is 15.5 Å². The van der Waals surface area contributed by atoms with Crippen molar-refractivity contribution in [3.63, 3.8) is 0 Å². The van der Waals surface area contributed by atoms with E-state index >= 15 is 0 Å². The van der Waals surface area contributed by atoms with Crippen LogP contribution >= 0.6 is 0 Å². The minimum absolute atomic E-state index is 0.245. The van der Waals surface area contributed by atoms with Crippen LogP contribution in [0.4, 0.5) is 0 Å². The van der Waals surface area contributed by atoms with Gasteiger partial charge in [0.25, 0.3) is 0 Å². The van der Waals surface area contributed by atoms with E-state index < -0.39 is 0 Å². The predicted molar refractivity (Wildman–Crippen MR) is 71.4 cm³/mol. The van der Waals surface area contributed by atoms with Gasteiger partial charge in [0.1, 0.15) is 0 Å². The fraction of sp³-hybridized carbons (Fsp3) is 0.929. The summed E-state index contributed by atoms with van der Waals surface area (Å²) in [5, 5.41) is 6.67. The molecule has 18 heavy (non-hydrogen) atoms. The molecule has 3 fully saturated rings. The van der Waals surface area contributed by atoms with E-state index in [0.29, 0.717) is 18.6 Å².